The van der Waals surface area contributed by atoms with Crippen LogP contribution in [0.2, 0.25) is 0 Å². The van der Waals surface area contributed by atoms with Crippen LogP contribution in [0.25, 0.3) is 17.0 Å². The third kappa shape index (κ3) is 4.30. The molecule has 0 aliphatic heterocycles. The number of H-pyrrole nitrogens is 1. The van der Waals surface area contributed by atoms with E-state index in [0.717, 1.165) is 16.8 Å². The first-order valence-electron chi connectivity index (χ1n) is 8.78. The lowest BCUT2D eigenvalue weighted by atomic mass is 10.1. The molecule has 27 heavy (non-hydrogen) atoms. The Morgan fingerprint density at radius 3 is 2.78 bits per heavy atom. The van der Waals surface area contributed by atoms with Crippen LogP contribution < -0.4 is 5.73 Å². The summed E-state index contributed by atoms with van der Waals surface area (Å²) < 4.78 is 5.73. The minimum absolute atomic E-state index is 0.328. The molecule has 0 aliphatic rings. The minimum atomic E-state index is -0.328. The van der Waals surface area contributed by atoms with E-state index in [1.165, 1.54) is 22.7 Å². The van der Waals surface area contributed by atoms with Crippen LogP contribution >= 0.6 is 11.8 Å². The number of thioether (sulfide) groups is 1. The van der Waals surface area contributed by atoms with Gasteiger partial charge in [0.2, 0.25) is 5.89 Å². The van der Waals surface area contributed by atoms with E-state index >= 15 is 0 Å². The van der Waals surface area contributed by atoms with Crippen LogP contribution in [0.3, 0.4) is 0 Å². The van der Waals surface area contributed by atoms with Crippen molar-refractivity contribution in [2.75, 3.05) is 5.75 Å². The Balaban J connectivity index is 1.35. The summed E-state index contributed by atoms with van der Waals surface area (Å²) in [7, 11) is 0. The van der Waals surface area contributed by atoms with Gasteiger partial charge in [0.1, 0.15) is 0 Å². The zero-order valence-corrected chi connectivity index (χ0v) is 15.5. The van der Waals surface area contributed by atoms with Crippen LogP contribution in [0, 0.1) is 0 Å². The average molecular weight is 376 g/mol. The number of aromatic nitrogens is 3. The van der Waals surface area contributed by atoms with Crippen LogP contribution in [-0.4, -0.2) is 20.9 Å². The SMILES string of the molecule is NC(Cc1c[nH]c2ccccc12)c1nnc(SC/C=C/c2ccccc2)o1. The van der Waals surface area contributed by atoms with E-state index in [9.17, 15) is 0 Å². The highest BCUT2D eigenvalue weighted by Crippen LogP contribution is 2.24. The molecule has 0 fully saturated rings. The molecule has 2 heterocycles. The van der Waals surface area contributed by atoms with Gasteiger partial charge in [0.05, 0.1) is 6.04 Å². The number of nitrogens with zero attached hydrogens (tertiary/aromatic N) is 2. The molecule has 2 aromatic heterocycles. The largest absolute Gasteiger partial charge is 0.414 e. The number of rotatable bonds is 7. The summed E-state index contributed by atoms with van der Waals surface area (Å²) in [5, 5.41) is 9.93. The van der Waals surface area contributed by atoms with E-state index in [1.54, 1.807) is 0 Å². The lowest BCUT2D eigenvalue weighted by Gasteiger charge is -2.05. The molecule has 1 unspecified atom stereocenters. The summed E-state index contributed by atoms with van der Waals surface area (Å²) in [5.41, 5.74) is 9.71. The van der Waals surface area contributed by atoms with Crippen molar-refractivity contribution in [3.63, 3.8) is 0 Å². The summed E-state index contributed by atoms with van der Waals surface area (Å²) in [6.07, 6.45) is 6.79. The number of hydrogen-bond donors (Lipinski definition) is 2. The molecular formula is C21H20N4OS. The molecule has 3 N–H and O–H groups in total. The summed E-state index contributed by atoms with van der Waals surface area (Å²) in [5.74, 6) is 1.23. The smallest absolute Gasteiger partial charge is 0.276 e. The molecule has 4 rings (SSSR count). The molecule has 0 spiro atoms. The molecule has 6 heteroatoms. The molecule has 0 bridgehead atoms. The van der Waals surface area contributed by atoms with Gasteiger partial charge in [0, 0.05) is 22.9 Å². The molecular weight excluding hydrogens is 356 g/mol. The maximum Gasteiger partial charge on any atom is 0.276 e. The Morgan fingerprint density at radius 1 is 1.07 bits per heavy atom. The van der Waals surface area contributed by atoms with Crippen molar-refractivity contribution in [2.45, 2.75) is 17.7 Å². The Morgan fingerprint density at radius 2 is 1.89 bits per heavy atom. The van der Waals surface area contributed by atoms with Gasteiger partial charge in [-0.2, -0.15) is 0 Å². The van der Waals surface area contributed by atoms with Gasteiger partial charge >= 0.3 is 0 Å². The molecule has 5 nitrogen and oxygen atoms in total. The highest BCUT2D eigenvalue weighted by molar-refractivity contribution is 7.99. The van der Waals surface area contributed by atoms with E-state index < -0.39 is 0 Å². The minimum Gasteiger partial charge on any atom is -0.414 e. The van der Waals surface area contributed by atoms with Crippen molar-refractivity contribution in [2.24, 2.45) is 5.73 Å². The number of aromatic amines is 1. The predicted octanol–water partition coefficient (Wildman–Crippen LogP) is 4.60. The van der Waals surface area contributed by atoms with Gasteiger partial charge in [-0.05, 0) is 23.6 Å². The molecule has 0 aliphatic carbocycles. The first-order chi connectivity index (χ1) is 13.3. The number of hydrogen-bond acceptors (Lipinski definition) is 5. The normalized spacial score (nSPS) is 12.8. The highest BCUT2D eigenvalue weighted by atomic mass is 32.2. The number of benzene rings is 2. The quantitative estimate of drug-likeness (QED) is 0.461. The van der Waals surface area contributed by atoms with Gasteiger partial charge in [-0.25, -0.2) is 0 Å². The number of fused-ring (bicyclic) bond motifs is 1. The third-order valence-electron chi connectivity index (χ3n) is 4.27. The molecule has 1 atom stereocenters. The lowest BCUT2D eigenvalue weighted by Crippen LogP contribution is -2.13. The second-order valence-electron chi connectivity index (χ2n) is 6.20. The Kier molecular flexibility index (Phi) is 5.37. The molecule has 0 radical (unpaired) electrons. The zero-order valence-electron chi connectivity index (χ0n) is 14.7. The molecule has 4 aromatic rings. The fourth-order valence-corrected chi connectivity index (χ4v) is 3.50. The van der Waals surface area contributed by atoms with Crippen molar-refractivity contribution >= 4 is 28.7 Å². The van der Waals surface area contributed by atoms with E-state index in [4.69, 9.17) is 10.2 Å². The van der Waals surface area contributed by atoms with Crippen LogP contribution in [0.15, 0.2) is 76.5 Å². The van der Waals surface area contributed by atoms with Gasteiger partial charge in [-0.15, -0.1) is 10.2 Å². The highest BCUT2D eigenvalue weighted by Gasteiger charge is 2.17. The number of nitrogens with one attached hydrogen (secondary N) is 1. The van der Waals surface area contributed by atoms with Gasteiger partial charge in [-0.1, -0.05) is 72.4 Å². The maximum atomic E-state index is 6.29. The fraction of sp³-hybridized carbons (Fsp3) is 0.143. The van der Waals surface area contributed by atoms with Crippen molar-refractivity contribution in [1.82, 2.24) is 15.2 Å². The molecule has 0 saturated heterocycles. The summed E-state index contributed by atoms with van der Waals surface area (Å²) in [6.45, 7) is 0. The van der Waals surface area contributed by atoms with Gasteiger partial charge in [0.25, 0.3) is 5.22 Å². The molecule has 0 amide bonds. The molecule has 2 aromatic carbocycles. The standard InChI is InChI=1S/C21H20N4OS/c22-18(13-16-14-23-19-11-5-4-10-17(16)19)20-24-25-21(26-20)27-12-6-9-15-7-2-1-3-8-15/h1-11,14,18,23H,12-13,22H2/b9-6+. The van der Waals surface area contributed by atoms with Crippen LogP contribution in [0.5, 0.6) is 0 Å². The van der Waals surface area contributed by atoms with Crippen molar-refractivity contribution in [3.8, 4) is 0 Å². The van der Waals surface area contributed by atoms with Gasteiger partial charge in [-0.3, -0.25) is 0 Å². The number of nitrogens with two attached hydrogens (primary N) is 1. The van der Waals surface area contributed by atoms with Crippen molar-refractivity contribution in [3.05, 3.63) is 83.9 Å². The molecule has 0 saturated carbocycles. The van der Waals surface area contributed by atoms with E-state index in [0.29, 0.717) is 17.5 Å². The van der Waals surface area contributed by atoms with Crippen LogP contribution in [0.4, 0.5) is 0 Å². The van der Waals surface area contributed by atoms with Crippen LogP contribution in [-0.2, 0) is 6.42 Å². The van der Waals surface area contributed by atoms with Crippen molar-refractivity contribution < 1.29 is 4.42 Å². The Labute approximate surface area is 161 Å². The van der Waals surface area contributed by atoms with E-state index in [-0.39, 0.29) is 6.04 Å². The zero-order chi connectivity index (χ0) is 18.5. The van der Waals surface area contributed by atoms with Gasteiger partial charge in [0.15, 0.2) is 0 Å². The second kappa shape index (κ2) is 8.24. The number of para-hydroxylation sites is 1. The second-order valence-corrected chi connectivity index (χ2v) is 7.17. The first kappa shape index (κ1) is 17.6. The Bertz CT molecular complexity index is 1040. The fourth-order valence-electron chi connectivity index (χ4n) is 2.92. The maximum absolute atomic E-state index is 6.29. The summed E-state index contributed by atoms with van der Waals surface area (Å²) >= 11 is 1.50. The first-order valence-corrected chi connectivity index (χ1v) is 9.76. The summed E-state index contributed by atoms with van der Waals surface area (Å²) in [4.78, 5) is 3.26. The monoisotopic (exact) mass is 376 g/mol. The van der Waals surface area contributed by atoms with Crippen LogP contribution in [0.1, 0.15) is 23.1 Å². The van der Waals surface area contributed by atoms with Gasteiger partial charge < -0.3 is 15.1 Å². The van der Waals surface area contributed by atoms with Crippen molar-refractivity contribution in [1.29, 1.82) is 0 Å². The average Bonchev–Trinajstić information content (AvgIpc) is 3.34. The molecule has 136 valence electrons. The Hall–Kier alpha value is -2.83. The topological polar surface area (TPSA) is 80.7 Å². The lowest BCUT2D eigenvalue weighted by molar-refractivity contribution is 0.386. The van der Waals surface area contributed by atoms with E-state index in [1.807, 2.05) is 36.5 Å². The third-order valence-corrected chi connectivity index (χ3v) is 5.04. The predicted molar refractivity (Wildman–Crippen MR) is 109 cm³/mol. The summed E-state index contributed by atoms with van der Waals surface area (Å²) in [6, 6.07) is 18.0. The van der Waals surface area contributed by atoms with E-state index in [2.05, 4.69) is 51.6 Å².